The van der Waals surface area contributed by atoms with Crippen LogP contribution in [0, 0.1) is 5.82 Å². The number of hydrogen-bond donors (Lipinski definition) is 2. The number of rotatable bonds is 6. The Balaban J connectivity index is 1.72. The van der Waals surface area contributed by atoms with Crippen LogP contribution in [0.3, 0.4) is 0 Å². The number of carboxylic acid groups (broad SMARTS) is 1. The Labute approximate surface area is 169 Å². The van der Waals surface area contributed by atoms with Crippen LogP contribution in [0.1, 0.15) is 22.8 Å². The molecule has 1 aliphatic heterocycles. The van der Waals surface area contributed by atoms with Crippen LogP contribution < -0.4 is 14.8 Å². The third kappa shape index (κ3) is 4.55. The third-order valence-corrected chi connectivity index (χ3v) is 4.36. The molecule has 0 saturated carbocycles. The fourth-order valence-electron chi connectivity index (χ4n) is 2.53. The van der Waals surface area contributed by atoms with Gasteiger partial charge in [0.25, 0.3) is 5.91 Å². The summed E-state index contributed by atoms with van der Waals surface area (Å²) < 4.78 is 24.8. The van der Waals surface area contributed by atoms with E-state index in [9.17, 15) is 18.8 Å². The van der Waals surface area contributed by atoms with Gasteiger partial charge in [0.15, 0.2) is 12.4 Å². The van der Waals surface area contributed by atoms with E-state index in [0.29, 0.717) is 0 Å². The largest absolute Gasteiger partial charge is 0.484 e. The molecule has 1 atom stereocenters. The van der Waals surface area contributed by atoms with Crippen LogP contribution in [0.4, 0.5) is 4.39 Å². The maximum absolute atomic E-state index is 13.9. The van der Waals surface area contributed by atoms with Crippen LogP contribution in [0.25, 0.3) is 6.08 Å². The Morgan fingerprint density at radius 2 is 2.10 bits per heavy atom. The van der Waals surface area contributed by atoms with E-state index in [2.05, 4.69) is 5.32 Å². The van der Waals surface area contributed by atoms with Gasteiger partial charge in [0.2, 0.25) is 5.78 Å². The summed E-state index contributed by atoms with van der Waals surface area (Å²) in [6.07, 6.45) is 1.22. The molecule has 0 spiro atoms. The van der Waals surface area contributed by atoms with Gasteiger partial charge in [-0.2, -0.15) is 0 Å². The lowest BCUT2D eigenvalue weighted by molar-refractivity contribution is -0.141. The second-order valence-electron chi connectivity index (χ2n) is 6.15. The fraction of sp³-hybridized carbons (Fsp3) is 0.150. The zero-order chi connectivity index (χ0) is 21.1. The van der Waals surface area contributed by atoms with Gasteiger partial charge >= 0.3 is 5.97 Å². The standard InChI is InChI=1S/C20H15ClFNO6/c1-10(20(26)27)23-18(24)9-28-11-5-6-12-16(7-11)29-17(19(12)25)8-13-14(21)3-2-4-15(13)22/h2-8,10H,9H2,1H3,(H,23,24)(H,26,27). The molecule has 3 rings (SSSR count). The number of allylic oxidation sites excluding steroid dienone is 1. The zero-order valence-electron chi connectivity index (χ0n) is 15.1. The summed E-state index contributed by atoms with van der Waals surface area (Å²) >= 11 is 5.97. The van der Waals surface area contributed by atoms with Crippen molar-refractivity contribution < 1.29 is 33.4 Å². The van der Waals surface area contributed by atoms with Crippen molar-refractivity contribution in [2.75, 3.05) is 6.61 Å². The number of Topliss-reactive ketones (excluding diaryl/α,β-unsaturated/α-hetero) is 1. The maximum Gasteiger partial charge on any atom is 0.325 e. The minimum Gasteiger partial charge on any atom is -0.484 e. The number of carbonyl (C=O) groups excluding carboxylic acids is 2. The van der Waals surface area contributed by atoms with E-state index in [-0.39, 0.29) is 33.4 Å². The van der Waals surface area contributed by atoms with Crippen molar-refractivity contribution in [3.05, 3.63) is 64.1 Å². The number of aliphatic carboxylic acids is 1. The van der Waals surface area contributed by atoms with Crippen LogP contribution in [0.2, 0.25) is 5.02 Å². The minimum atomic E-state index is -1.17. The lowest BCUT2D eigenvalue weighted by Gasteiger charge is -2.10. The number of nitrogens with one attached hydrogen (secondary N) is 1. The fourth-order valence-corrected chi connectivity index (χ4v) is 2.75. The Kier molecular flexibility index (Phi) is 5.84. The summed E-state index contributed by atoms with van der Waals surface area (Å²) in [6, 6.07) is 7.43. The molecule has 0 fully saturated rings. The number of carbonyl (C=O) groups is 3. The number of hydrogen-bond acceptors (Lipinski definition) is 5. The smallest absolute Gasteiger partial charge is 0.325 e. The minimum absolute atomic E-state index is 0.0333. The Hall–Kier alpha value is -3.39. The lowest BCUT2D eigenvalue weighted by atomic mass is 10.1. The van der Waals surface area contributed by atoms with Crippen molar-refractivity contribution in [2.24, 2.45) is 0 Å². The van der Waals surface area contributed by atoms with Crippen molar-refractivity contribution >= 4 is 35.3 Å². The Morgan fingerprint density at radius 3 is 2.79 bits per heavy atom. The summed E-state index contributed by atoms with van der Waals surface area (Å²) in [5.74, 6) is -2.51. The molecular formula is C20H15ClFNO6. The van der Waals surface area contributed by atoms with E-state index in [0.717, 1.165) is 0 Å². The van der Waals surface area contributed by atoms with Crippen molar-refractivity contribution in [3.8, 4) is 11.5 Å². The van der Waals surface area contributed by atoms with Crippen LogP contribution in [-0.2, 0) is 9.59 Å². The van der Waals surface area contributed by atoms with Gasteiger partial charge in [-0.25, -0.2) is 4.39 Å². The second kappa shape index (κ2) is 8.32. The Morgan fingerprint density at radius 1 is 1.34 bits per heavy atom. The molecule has 1 amide bonds. The molecule has 2 N–H and O–H groups in total. The maximum atomic E-state index is 13.9. The first-order valence-corrected chi connectivity index (χ1v) is 8.81. The molecule has 150 valence electrons. The van der Waals surface area contributed by atoms with E-state index >= 15 is 0 Å². The highest BCUT2D eigenvalue weighted by molar-refractivity contribution is 6.32. The molecule has 0 aromatic heterocycles. The topological polar surface area (TPSA) is 102 Å². The van der Waals surface area contributed by atoms with E-state index < -0.39 is 36.1 Å². The summed E-state index contributed by atoms with van der Waals surface area (Å²) in [6.45, 7) is 0.905. The van der Waals surface area contributed by atoms with E-state index in [4.69, 9.17) is 26.2 Å². The summed E-state index contributed by atoms with van der Waals surface area (Å²) in [7, 11) is 0. The van der Waals surface area contributed by atoms with Crippen LogP contribution in [-0.4, -0.2) is 35.4 Å². The van der Waals surface area contributed by atoms with Gasteiger partial charge in [0.05, 0.1) is 10.6 Å². The highest BCUT2D eigenvalue weighted by atomic mass is 35.5. The predicted octanol–water partition coefficient (Wildman–Crippen LogP) is 3.06. The van der Waals surface area contributed by atoms with Crippen molar-refractivity contribution in [1.82, 2.24) is 5.32 Å². The van der Waals surface area contributed by atoms with Gasteiger partial charge in [-0.1, -0.05) is 17.7 Å². The normalized spacial score (nSPS) is 14.9. The van der Waals surface area contributed by atoms with Crippen LogP contribution in [0.5, 0.6) is 11.5 Å². The van der Waals surface area contributed by atoms with E-state index in [1.165, 1.54) is 49.4 Å². The zero-order valence-corrected chi connectivity index (χ0v) is 15.8. The number of amides is 1. The first-order valence-electron chi connectivity index (χ1n) is 8.43. The van der Waals surface area contributed by atoms with Crippen molar-refractivity contribution in [1.29, 1.82) is 0 Å². The molecule has 1 unspecified atom stereocenters. The van der Waals surface area contributed by atoms with Gasteiger partial charge in [0.1, 0.15) is 23.4 Å². The summed E-state index contributed by atoms with van der Waals surface area (Å²) in [4.78, 5) is 34.9. The highest BCUT2D eigenvalue weighted by Gasteiger charge is 2.28. The molecule has 7 nitrogen and oxygen atoms in total. The first-order chi connectivity index (χ1) is 13.8. The number of halogens is 2. The molecule has 2 aromatic rings. The molecule has 1 heterocycles. The Bertz CT molecular complexity index is 1020. The van der Waals surface area contributed by atoms with Crippen molar-refractivity contribution in [3.63, 3.8) is 0 Å². The van der Waals surface area contributed by atoms with Gasteiger partial charge < -0.3 is 19.9 Å². The third-order valence-electron chi connectivity index (χ3n) is 4.03. The van der Waals surface area contributed by atoms with Gasteiger partial charge in [0, 0.05) is 11.6 Å². The lowest BCUT2D eigenvalue weighted by Crippen LogP contribution is -2.40. The van der Waals surface area contributed by atoms with Crippen molar-refractivity contribution in [2.45, 2.75) is 13.0 Å². The summed E-state index contributed by atoms with van der Waals surface area (Å²) in [5.41, 5.74) is 0.283. The van der Waals surface area contributed by atoms with Gasteiger partial charge in [-0.3, -0.25) is 14.4 Å². The average Bonchev–Trinajstić information content (AvgIpc) is 2.98. The molecule has 0 saturated heterocycles. The average molecular weight is 420 g/mol. The number of fused-ring (bicyclic) bond motifs is 1. The van der Waals surface area contributed by atoms with E-state index in [1.807, 2.05) is 0 Å². The molecule has 2 aromatic carbocycles. The molecular weight excluding hydrogens is 405 g/mol. The molecule has 0 bridgehead atoms. The number of ketones is 1. The van der Waals surface area contributed by atoms with Crippen LogP contribution >= 0.6 is 11.6 Å². The molecule has 0 aliphatic carbocycles. The quantitative estimate of drug-likeness (QED) is 0.698. The van der Waals surface area contributed by atoms with Crippen LogP contribution in [0.15, 0.2) is 42.2 Å². The predicted molar refractivity (Wildman–Crippen MR) is 102 cm³/mol. The first kappa shape index (κ1) is 20.3. The molecule has 0 radical (unpaired) electrons. The second-order valence-corrected chi connectivity index (χ2v) is 6.56. The molecule has 29 heavy (non-hydrogen) atoms. The van der Waals surface area contributed by atoms with E-state index in [1.54, 1.807) is 0 Å². The molecule has 1 aliphatic rings. The summed E-state index contributed by atoms with van der Waals surface area (Å²) in [5, 5.41) is 11.2. The SMILES string of the molecule is CC(NC(=O)COc1ccc2c(c1)OC(=Cc1c(F)cccc1Cl)C2=O)C(=O)O. The van der Waals surface area contributed by atoms with Gasteiger partial charge in [-0.15, -0.1) is 0 Å². The molecule has 9 heteroatoms. The number of carboxylic acids is 1. The monoisotopic (exact) mass is 419 g/mol. The highest BCUT2D eigenvalue weighted by Crippen LogP contribution is 2.35. The number of ether oxygens (including phenoxy) is 2. The number of benzene rings is 2. The van der Waals surface area contributed by atoms with Gasteiger partial charge in [-0.05, 0) is 37.3 Å².